The van der Waals surface area contributed by atoms with Crippen LogP contribution in [-0.4, -0.2) is 64.2 Å². The average Bonchev–Trinajstić information content (AvgIpc) is 2.86. The van der Waals surface area contributed by atoms with Crippen molar-refractivity contribution in [1.29, 1.82) is 0 Å². The number of aromatic nitrogens is 3. The second-order valence-corrected chi connectivity index (χ2v) is 5.32. The predicted molar refractivity (Wildman–Crippen MR) is 74.1 cm³/mol. The molecule has 112 valence electrons. The molecule has 0 spiro atoms. The van der Waals surface area contributed by atoms with Gasteiger partial charge in [0.25, 0.3) is 0 Å². The second-order valence-electron chi connectivity index (χ2n) is 5.32. The number of carbonyl (C=O) groups is 1. The number of aryl methyl sites for hydroxylation is 1. The Labute approximate surface area is 119 Å². The summed E-state index contributed by atoms with van der Waals surface area (Å²) in [6, 6.07) is 0. The fourth-order valence-corrected chi connectivity index (χ4v) is 2.49. The maximum Gasteiger partial charge on any atom is 0.234 e. The van der Waals surface area contributed by atoms with Crippen molar-refractivity contribution in [3.8, 4) is 0 Å². The van der Waals surface area contributed by atoms with Crippen LogP contribution < -0.4 is 5.32 Å². The minimum Gasteiger partial charge on any atom is -0.373 e. The molecule has 1 aromatic heterocycles. The van der Waals surface area contributed by atoms with E-state index in [1.165, 1.54) is 0 Å². The Kier molecular flexibility index (Phi) is 5.49. The summed E-state index contributed by atoms with van der Waals surface area (Å²) in [4.78, 5) is 14.0. The van der Waals surface area contributed by atoms with E-state index in [-0.39, 0.29) is 18.1 Å². The minimum atomic E-state index is 0.0740. The zero-order valence-corrected chi connectivity index (χ0v) is 12.2. The number of carbonyl (C=O) groups excluding carboxylic acids is 1. The molecule has 7 heteroatoms. The van der Waals surface area contributed by atoms with Crippen molar-refractivity contribution in [2.75, 3.05) is 26.2 Å². The van der Waals surface area contributed by atoms with Gasteiger partial charge in [-0.25, -0.2) is 0 Å². The Hall–Kier alpha value is -1.47. The van der Waals surface area contributed by atoms with Crippen LogP contribution in [-0.2, 0) is 16.1 Å². The molecule has 1 aliphatic heterocycles. The Morgan fingerprint density at radius 2 is 2.15 bits per heavy atom. The quantitative estimate of drug-likeness (QED) is 0.737. The largest absolute Gasteiger partial charge is 0.373 e. The van der Waals surface area contributed by atoms with Crippen LogP contribution in [0, 0.1) is 0 Å². The number of morpholine rings is 1. The first-order valence-corrected chi connectivity index (χ1v) is 7.12. The van der Waals surface area contributed by atoms with Crippen LogP contribution in [0.25, 0.3) is 0 Å². The van der Waals surface area contributed by atoms with Gasteiger partial charge in [0.2, 0.25) is 5.91 Å². The van der Waals surface area contributed by atoms with Gasteiger partial charge in [0.1, 0.15) is 0 Å². The number of ether oxygens (including phenoxy) is 1. The summed E-state index contributed by atoms with van der Waals surface area (Å²) >= 11 is 0. The summed E-state index contributed by atoms with van der Waals surface area (Å²) in [7, 11) is 0. The highest BCUT2D eigenvalue weighted by Crippen LogP contribution is 2.09. The van der Waals surface area contributed by atoms with E-state index in [1.54, 1.807) is 10.9 Å². The SMILES string of the molecule is C[C@@H]1CN(CC(=O)NCCCn2ccnn2)C[C@H](C)O1. The lowest BCUT2D eigenvalue weighted by Crippen LogP contribution is -2.49. The van der Waals surface area contributed by atoms with Crippen molar-refractivity contribution in [3.63, 3.8) is 0 Å². The van der Waals surface area contributed by atoms with Gasteiger partial charge in [0.05, 0.1) is 24.9 Å². The average molecular weight is 281 g/mol. The predicted octanol–water partition coefficient (Wildman–Crippen LogP) is -0.106. The third kappa shape index (κ3) is 4.90. The second kappa shape index (κ2) is 7.35. The Bertz CT molecular complexity index is 399. The molecule has 7 nitrogen and oxygen atoms in total. The fraction of sp³-hybridized carbons (Fsp3) is 0.769. The van der Waals surface area contributed by atoms with E-state index in [1.807, 2.05) is 20.0 Å². The molecule has 1 saturated heterocycles. The van der Waals surface area contributed by atoms with Crippen LogP contribution in [0.4, 0.5) is 0 Å². The smallest absolute Gasteiger partial charge is 0.234 e. The number of hydrogen-bond donors (Lipinski definition) is 1. The number of nitrogens with zero attached hydrogens (tertiary/aromatic N) is 4. The first-order valence-electron chi connectivity index (χ1n) is 7.12. The monoisotopic (exact) mass is 281 g/mol. The first kappa shape index (κ1) is 14.9. The van der Waals surface area contributed by atoms with Gasteiger partial charge in [-0.05, 0) is 20.3 Å². The van der Waals surface area contributed by atoms with Crippen molar-refractivity contribution in [2.24, 2.45) is 0 Å². The van der Waals surface area contributed by atoms with Crippen molar-refractivity contribution in [2.45, 2.75) is 39.0 Å². The molecule has 2 heterocycles. The van der Waals surface area contributed by atoms with Gasteiger partial charge < -0.3 is 10.1 Å². The molecular formula is C13H23N5O2. The Morgan fingerprint density at radius 3 is 2.80 bits per heavy atom. The van der Waals surface area contributed by atoms with Gasteiger partial charge in [-0.15, -0.1) is 5.10 Å². The molecule has 1 aromatic rings. The van der Waals surface area contributed by atoms with Crippen molar-refractivity contribution in [3.05, 3.63) is 12.4 Å². The maximum atomic E-state index is 11.9. The Morgan fingerprint density at radius 1 is 1.40 bits per heavy atom. The molecule has 0 bridgehead atoms. The summed E-state index contributed by atoms with van der Waals surface area (Å²) in [5.74, 6) is 0.0740. The third-order valence-corrected chi connectivity index (χ3v) is 3.22. The normalized spacial score (nSPS) is 23.7. The fourth-order valence-electron chi connectivity index (χ4n) is 2.49. The standard InChI is InChI=1S/C13H23N5O2/c1-11-8-17(9-12(2)20-11)10-13(19)14-4-3-6-18-7-5-15-16-18/h5,7,11-12H,3-4,6,8-10H2,1-2H3,(H,14,19)/t11-,12+. The van der Waals surface area contributed by atoms with E-state index in [0.29, 0.717) is 13.1 Å². The third-order valence-electron chi connectivity index (χ3n) is 3.22. The van der Waals surface area contributed by atoms with E-state index < -0.39 is 0 Å². The highest BCUT2D eigenvalue weighted by molar-refractivity contribution is 5.77. The minimum absolute atomic E-state index is 0.0740. The van der Waals surface area contributed by atoms with Gasteiger partial charge in [-0.1, -0.05) is 5.21 Å². The van der Waals surface area contributed by atoms with Crippen LogP contribution in [0.2, 0.25) is 0 Å². The van der Waals surface area contributed by atoms with E-state index in [0.717, 1.165) is 26.1 Å². The molecule has 20 heavy (non-hydrogen) atoms. The van der Waals surface area contributed by atoms with Crippen LogP contribution >= 0.6 is 0 Å². The molecule has 1 N–H and O–H groups in total. The summed E-state index contributed by atoms with van der Waals surface area (Å²) < 4.78 is 7.41. The van der Waals surface area contributed by atoms with E-state index in [9.17, 15) is 4.79 Å². The molecular weight excluding hydrogens is 258 g/mol. The van der Waals surface area contributed by atoms with Crippen LogP contribution in [0.15, 0.2) is 12.4 Å². The zero-order valence-electron chi connectivity index (χ0n) is 12.2. The molecule has 0 aliphatic carbocycles. The molecule has 2 rings (SSSR count). The van der Waals surface area contributed by atoms with E-state index >= 15 is 0 Å². The highest BCUT2D eigenvalue weighted by atomic mass is 16.5. The van der Waals surface area contributed by atoms with Crippen molar-refractivity contribution in [1.82, 2.24) is 25.2 Å². The van der Waals surface area contributed by atoms with Crippen molar-refractivity contribution >= 4 is 5.91 Å². The van der Waals surface area contributed by atoms with Gasteiger partial charge >= 0.3 is 0 Å². The van der Waals surface area contributed by atoms with Crippen LogP contribution in [0.1, 0.15) is 20.3 Å². The number of nitrogens with one attached hydrogen (secondary N) is 1. The molecule has 0 unspecified atom stereocenters. The summed E-state index contributed by atoms with van der Waals surface area (Å²) in [5, 5.41) is 10.5. The number of rotatable bonds is 6. The van der Waals surface area contributed by atoms with Gasteiger partial charge in [-0.2, -0.15) is 0 Å². The number of hydrogen-bond acceptors (Lipinski definition) is 5. The number of amides is 1. The summed E-state index contributed by atoms with van der Waals surface area (Å²) in [6.07, 6.45) is 4.71. The summed E-state index contributed by atoms with van der Waals surface area (Å²) in [5.41, 5.74) is 0. The van der Waals surface area contributed by atoms with Crippen LogP contribution in [0.5, 0.6) is 0 Å². The van der Waals surface area contributed by atoms with Crippen LogP contribution in [0.3, 0.4) is 0 Å². The Balaban J connectivity index is 1.60. The molecule has 1 amide bonds. The lowest BCUT2D eigenvalue weighted by molar-refractivity contribution is -0.125. The molecule has 1 fully saturated rings. The highest BCUT2D eigenvalue weighted by Gasteiger charge is 2.23. The van der Waals surface area contributed by atoms with E-state index in [4.69, 9.17) is 4.74 Å². The lowest BCUT2D eigenvalue weighted by atomic mass is 10.2. The van der Waals surface area contributed by atoms with E-state index in [2.05, 4.69) is 20.5 Å². The van der Waals surface area contributed by atoms with Gasteiger partial charge in [0.15, 0.2) is 0 Å². The molecule has 0 saturated carbocycles. The molecule has 0 aromatic carbocycles. The van der Waals surface area contributed by atoms with Crippen molar-refractivity contribution < 1.29 is 9.53 Å². The maximum absolute atomic E-state index is 11.9. The topological polar surface area (TPSA) is 72.3 Å². The summed E-state index contributed by atoms with van der Waals surface area (Å²) in [6.45, 7) is 7.59. The molecule has 1 aliphatic rings. The van der Waals surface area contributed by atoms with Gasteiger partial charge in [0, 0.05) is 32.4 Å². The van der Waals surface area contributed by atoms with Gasteiger partial charge in [-0.3, -0.25) is 14.4 Å². The molecule has 0 radical (unpaired) electrons. The zero-order chi connectivity index (χ0) is 14.4. The molecule has 2 atom stereocenters. The first-order chi connectivity index (χ1) is 9.63. The lowest BCUT2D eigenvalue weighted by Gasteiger charge is -2.34.